The average Bonchev–Trinajstić information content (AvgIpc) is 3.14. The van der Waals surface area contributed by atoms with Crippen LogP contribution in [-0.2, 0) is 17.8 Å². The lowest BCUT2D eigenvalue weighted by Gasteiger charge is -2.22. The first-order valence-corrected chi connectivity index (χ1v) is 8.89. The summed E-state index contributed by atoms with van der Waals surface area (Å²) in [6.45, 7) is 0.510. The van der Waals surface area contributed by atoms with Crippen molar-refractivity contribution in [1.82, 2.24) is 9.97 Å². The van der Waals surface area contributed by atoms with Crippen LogP contribution < -0.4 is 4.90 Å². The SMILES string of the molecule is O=C(CCCc1ccccn1)N(Cc1cscn1)c1ccccc1. The van der Waals surface area contributed by atoms with Crippen molar-refractivity contribution in [3.8, 4) is 0 Å². The van der Waals surface area contributed by atoms with Crippen LogP contribution in [0.15, 0.2) is 65.6 Å². The Kier molecular flexibility index (Phi) is 5.69. The zero-order valence-electron chi connectivity index (χ0n) is 13.3. The standard InChI is InChI=1S/C19H19N3OS/c23-19(11-6-8-16-7-4-5-12-20-16)22(13-17-14-24-15-21-17)18-9-2-1-3-10-18/h1-5,7,9-10,12,14-15H,6,8,11,13H2. The van der Waals surface area contributed by atoms with E-state index in [1.54, 1.807) is 23.0 Å². The minimum Gasteiger partial charge on any atom is -0.306 e. The van der Waals surface area contributed by atoms with Crippen LogP contribution in [0.5, 0.6) is 0 Å². The van der Waals surface area contributed by atoms with E-state index in [-0.39, 0.29) is 5.91 Å². The Bertz CT molecular complexity index is 745. The van der Waals surface area contributed by atoms with Crippen LogP contribution in [0.3, 0.4) is 0 Å². The lowest BCUT2D eigenvalue weighted by Crippen LogP contribution is -2.30. The van der Waals surface area contributed by atoms with Crippen molar-refractivity contribution in [2.45, 2.75) is 25.8 Å². The van der Waals surface area contributed by atoms with Crippen LogP contribution >= 0.6 is 11.3 Å². The molecule has 24 heavy (non-hydrogen) atoms. The van der Waals surface area contributed by atoms with Crippen molar-refractivity contribution < 1.29 is 4.79 Å². The van der Waals surface area contributed by atoms with E-state index < -0.39 is 0 Å². The molecule has 0 N–H and O–H groups in total. The molecule has 0 spiro atoms. The van der Waals surface area contributed by atoms with Gasteiger partial charge in [-0.05, 0) is 37.1 Å². The molecule has 5 heteroatoms. The van der Waals surface area contributed by atoms with Gasteiger partial charge >= 0.3 is 0 Å². The molecule has 0 aliphatic heterocycles. The summed E-state index contributed by atoms with van der Waals surface area (Å²) in [6, 6.07) is 15.6. The fraction of sp³-hybridized carbons (Fsp3) is 0.211. The number of hydrogen-bond donors (Lipinski definition) is 0. The minimum atomic E-state index is 0.116. The smallest absolute Gasteiger partial charge is 0.227 e. The van der Waals surface area contributed by atoms with Crippen molar-refractivity contribution in [2.24, 2.45) is 0 Å². The van der Waals surface area contributed by atoms with Gasteiger partial charge in [-0.25, -0.2) is 4.98 Å². The molecule has 1 amide bonds. The Labute approximate surface area is 145 Å². The first-order valence-electron chi connectivity index (χ1n) is 7.95. The Morgan fingerprint density at radius 3 is 2.54 bits per heavy atom. The predicted octanol–water partition coefficient (Wildman–Crippen LogP) is 4.09. The summed E-state index contributed by atoms with van der Waals surface area (Å²) in [6.07, 6.45) is 3.88. The third-order valence-electron chi connectivity index (χ3n) is 3.72. The van der Waals surface area contributed by atoms with Crippen molar-refractivity contribution in [1.29, 1.82) is 0 Å². The molecular weight excluding hydrogens is 318 g/mol. The Hall–Kier alpha value is -2.53. The van der Waals surface area contributed by atoms with Gasteiger partial charge in [0, 0.05) is 29.4 Å². The van der Waals surface area contributed by atoms with Crippen LogP contribution in [0.25, 0.3) is 0 Å². The minimum absolute atomic E-state index is 0.116. The van der Waals surface area contributed by atoms with Crippen molar-refractivity contribution in [2.75, 3.05) is 4.90 Å². The molecule has 0 atom stereocenters. The largest absolute Gasteiger partial charge is 0.306 e. The number of aryl methyl sites for hydroxylation is 1. The van der Waals surface area contributed by atoms with Crippen LogP contribution in [0.2, 0.25) is 0 Å². The lowest BCUT2D eigenvalue weighted by atomic mass is 10.1. The zero-order chi connectivity index (χ0) is 16.6. The fourth-order valence-corrected chi connectivity index (χ4v) is 3.06. The fourth-order valence-electron chi connectivity index (χ4n) is 2.51. The molecule has 0 aliphatic rings. The summed E-state index contributed by atoms with van der Waals surface area (Å²) >= 11 is 1.55. The number of pyridine rings is 1. The molecule has 2 aromatic heterocycles. The summed E-state index contributed by atoms with van der Waals surface area (Å²) in [7, 11) is 0. The van der Waals surface area contributed by atoms with E-state index in [1.807, 2.05) is 58.8 Å². The second-order valence-electron chi connectivity index (χ2n) is 5.47. The molecule has 0 aliphatic carbocycles. The topological polar surface area (TPSA) is 46.1 Å². The number of para-hydroxylation sites is 1. The molecule has 3 aromatic rings. The third kappa shape index (κ3) is 4.49. The van der Waals surface area contributed by atoms with E-state index in [2.05, 4.69) is 9.97 Å². The Morgan fingerprint density at radius 1 is 1.00 bits per heavy atom. The summed E-state index contributed by atoms with van der Waals surface area (Å²) in [5.41, 5.74) is 4.65. The Balaban J connectivity index is 1.64. The van der Waals surface area contributed by atoms with Gasteiger partial charge in [0.15, 0.2) is 0 Å². The second kappa shape index (κ2) is 8.36. The van der Waals surface area contributed by atoms with Crippen molar-refractivity contribution in [3.05, 3.63) is 77.0 Å². The van der Waals surface area contributed by atoms with Gasteiger partial charge in [0.25, 0.3) is 0 Å². The summed E-state index contributed by atoms with van der Waals surface area (Å²) in [5.74, 6) is 0.116. The Morgan fingerprint density at radius 2 is 1.83 bits per heavy atom. The molecule has 122 valence electrons. The summed E-state index contributed by atoms with van der Waals surface area (Å²) < 4.78 is 0. The van der Waals surface area contributed by atoms with E-state index in [1.165, 1.54) is 0 Å². The molecule has 0 bridgehead atoms. The van der Waals surface area contributed by atoms with Gasteiger partial charge < -0.3 is 4.90 Å². The third-order valence-corrected chi connectivity index (χ3v) is 4.36. The van der Waals surface area contributed by atoms with E-state index in [9.17, 15) is 4.79 Å². The van der Waals surface area contributed by atoms with E-state index in [4.69, 9.17) is 0 Å². The molecule has 3 rings (SSSR count). The number of carbonyl (C=O) groups is 1. The van der Waals surface area contributed by atoms with E-state index in [0.29, 0.717) is 13.0 Å². The van der Waals surface area contributed by atoms with Gasteiger partial charge in [0.2, 0.25) is 5.91 Å². The molecule has 0 saturated heterocycles. The number of hydrogen-bond acceptors (Lipinski definition) is 4. The number of benzene rings is 1. The van der Waals surface area contributed by atoms with Crippen LogP contribution in [0.1, 0.15) is 24.2 Å². The lowest BCUT2D eigenvalue weighted by molar-refractivity contribution is -0.118. The molecule has 0 fully saturated rings. The van der Waals surface area contributed by atoms with Crippen LogP contribution in [0, 0.1) is 0 Å². The quantitative estimate of drug-likeness (QED) is 0.652. The van der Waals surface area contributed by atoms with Crippen molar-refractivity contribution >= 4 is 22.9 Å². The van der Waals surface area contributed by atoms with Gasteiger partial charge in [-0.15, -0.1) is 11.3 Å². The number of rotatable bonds is 7. The molecule has 0 saturated carbocycles. The normalized spacial score (nSPS) is 10.5. The van der Waals surface area contributed by atoms with Gasteiger partial charge in [-0.3, -0.25) is 9.78 Å². The summed E-state index contributed by atoms with van der Waals surface area (Å²) in [4.78, 5) is 23.2. The molecule has 4 nitrogen and oxygen atoms in total. The highest BCUT2D eigenvalue weighted by Gasteiger charge is 2.16. The van der Waals surface area contributed by atoms with E-state index >= 15 is 0 Å². The number of aromatic nitrogens is 2. The number of carbonyl (C=O) groups excluding carboxylic acids is 1. The molecule has 1 aromatic carbocycles. The maximum Gasteiger partial charge on any atom is 0.227 e. The van der Waals surface area contributed by atoms with Crippen molar-refractivity contribution in [3.63, 3.8) is 0 Å². The van der Waals surface area contributed by atoms with Gasteiger partial charge in [-0.2, -0.15) is 0 Å². The van der Waals surface area contributed by atoms with E-state index in [0.717, 1.165) is 29.9 Å². The van der Waals surface area contributed by atoms with Gasteiger partial charge in [0.1, 0.15) is 0 Å². The molecule has 2 heterocycles. The van der Waals surface area contributed by atoms with Gasteiger partial charge in [0.05, 0.1) is 17.7 Å². The molecule has 0 unspecified atom stereocenters. The first kappa shape index (κ1) is 16.3. The second-order valence-corrected chi connectivity index (χ2v) is 6.19. The number of nitrogens with zero attached hydrogens (tertiary/aromatic N) is 3. The highest BCUT2D eigenvalue weighted by atomic mass is 32.1. The first-order chi connectivity index (χ1) is 11.8. The van der Waals surface area contributed by atoms with Crippen LogP contribution in [0.4, 0.5) is 5.69 Å². The number of thiazole rings is 1. The number of anilines is 1. The monoisotopic (exact) mass is 337 g/mol. The molecular formula is C19H19N3OS. The average molecular weight is 337 g/mol. The maximum atomic E-state index is 12.7. The molecule has 0 radical (unpaired) electrons. The highest BCUT2D eigenvalue weighted by molar-refractivity contribution is 7.07. The zero-order valence-corrected chi connectivity index (χ0v) is 14.2. The maximum absolute atomic E-state index is 12.7. The predicted molar refractivity (Wildman–Crippen MR) is 96.9 cm³/mol. The van der Waals surface area contributed by atoms with Crippen LogP contribution in [-0.4, -0.2) is 15.9 Å². The highest BCUT2D eigenvalue weighted by Crippen LogP contribution is 2.19. The van der Waals surface area contributed by atoms with Gasteiger partial charge in [-0.1, -0.05) is 24.3 Å². The summed E-state index contributed by atoms with van der Waals surface area (Å²) in [5, 5.41) is 1.98. The number of amides is 1.